The fraction of sp³-hybridized carbons (Fsp3) is 0.261. The molecule has 122 valence electrons. The predicted octanol–water partition coefficient (Wildman–Crippen LogP) is 4.52. The quantitative estimate of drug-likeness (QED) is 0.683. The molecule has 0 nitrogen and oxygen atoms in total. The molecule has 0 amide bonds. The first-order valence-corrected chi connectivity index (χ1v) is 10.6. The summed E-state index contributed by atoms with van der Waals surface area (Å²) in [6, 6.07) is 22.2. The van der Waals surface area contributed by atoms with Gasteiger partial charge >= 0.3 is 0 Å². The molecule has 0 N–H and O–H groups in total. The van der Waals surface area contributed by atoms with Gasteiger partial charge < -0.3 is 0 Å². The molecule has 0 atom stereocenters. The third-order valence-corrected chi connectivity index (χ3v) is 7.41. The Balaban J connectivity index is 2.21. The zero-order valence-corrected chi connectivity index (χ0v) is 15.8. The van der Waals surface area contributed by atoms with Crippen LogP contribution >= 0.6 is 0 Å². The fourth-order valence-electron chi connectivity index (χ4n) is 3.53. The Morgan fingerprint density at radius 3 is 1.71 bits per heavy atom. The minimum atomic E-state index is -0.926. The van der Waals surface area contributed by atoms with Crippen molar-refractivity contribution in [1.82, 2.24) is 0 Å². The van der Waals surface area contributed by atoms with Gasteiger partial charge in [-0.15, -0.1) is 0 Å². The summed E-state index contributed by atoms with van der Waals surface area (Å²) in [5.41, 5.74) is 3.20. The second-order valence-corrected chi connectivity index (χ2v) is 8.80. The van der Waals surface area contributed by atoms with Crippen LogP contribution in [0, 0.1) is 0 Å². The first-order valence-electron chi connectivity index (χ1n) is 9.10. The summed E-state index contributed by atoms with van der Waals surface area (Å²) in [7, 11) is -0.926. The van der Waals surface area contributed by atoms with Gasteiger partial charge in [-0.3, -0.25) is 0 Å². The standard InChI is InChI=1S/C23H26Si/c1-3-11-19-17-18-23(22(19)12-4-2)24(20-13-7-5-8-14-20)21-15-9-6-10-16-21/h5-10,13-18H,3-4,11-12H2,1-2H3. The maximum absolute atomic E-state index is 2.42. The van der Waals surface area contributed by atoms with Gasteiger partial charge in [0.2, 0.25) is 0 Å². The van der Waals surface area contributed by atoms with Crippen LogP contribution in [0.25, 0.3) is 0 Å². The van der Waals surface area contributed by atoms with E-state index in [1.807, 2.05) is 0 Å². The summed E-state index contributed by atoms with van der Waals surface area (Å²) < 4.78 is 0. The van der Waals surface area contributed by atoms with Crippen molar-refractivity contribution in [2.75, 3.05) is 0 Å². The highest BCUT2D eigenvalue weighted by atomic mass is 28.2. The molecule has 0 fully saturated rings. The normalized spacial score (nSPS) is 13.7. The van der Waals surface area contributed by atoms with Crippen molar-refractivity contribution in [2.45, 2.75) is 39.5 Å². The molecule has 24 heavy (non-hydrogen) atoms. The Labute approximate surface area is 147 Å². The molecule has 1 aliphatic rings. The van der Waals surface area contributed by atoms with Crippen LogP contribution < -0.4 is 10.4 Å². The maximum atomic E-state index is 2.42. The molecule has 0 unspecified atom stereocenters. The van der Waals surface area contributed by atoms with Gasteiger partial charge in [0.25, 0.3) is 0 Å². The lowest BCUT2D eigenvalue weighted by Crippen LogP contribution is -2.40. The van der Waals surface area contributed by atoms with Gasteiger partial charge in [0.1, 0.15) is 0 Å². The van der Waals surface area contributed by atoms with E-state index in [2.05, 4.69) is 86.7 Å². The lowest BCUT2D eigenvalue weighted by atomic mass is 10.0. The van der Waals surface area contributed by atoms with Crippen LogP contribution in [0.4, 0.5) is 0 Å². The molecule has 0 spiro atoms. The number of allylic oxidation sites excluding steroid dienone is 4. The van der Waals surface area contributed by atoms with Gasteiger partial charge in [0, 0.05) is 0 Å². The molecule has 1 aliphatic carbocycles. The Hall–Kier alpha value is -1.99. The van der Waals surface area contributed by atoms with Crippen molar-refractivity contribution in [1.29, 1.82) is 0 Å². The number of rotatable bonds is 6. The zero-order valence-electron chi connectivity index (χ0n) is 14.8. The molecular weight excluding hydrogens is 304 g/mol. The topological polar surface area (TPSA) is 0 Å². The molecule has 0 saturated heterocycles. The van der Waals surface area contributed by atoms with Crippen LogP contribution in [-0.2, 0) is 0 Å². The van der Waals surface area contributed by atoms with E-state index in [0.717, 1.165) is 0 Å². The van der Waals surface area contributed by atoms with E-state index in [0.29, 0.717) is 0 Å². The summed E-state index contributed by atoms with van der Waals surface area (Å²) in [5, 5.41) is 4.57. The zero-order chi connectivity index (χ0) is 16.8. The maximum Gasteiger partial charge on any atom is 0.0880 e. The third-order valence-electron chi connectivity index (χ3n) is 4.58. The van der Waals surface area contributed by atoms with Crippen molar-refractivity contribution < 1.29 is 0 Å². The molecule has 0 radical (unpaired) electrons. The summed E-state index contributed by atoms with van der Waals surface area (Å²) >= 11 is 0. The second-order valence-electron chi connectivity index (χ2n) is 6.36. The molecule has 0 aromatic heterocycles. The van der Waals surface area contributed by atoms with Crippen molar-refractivity contribution in [2.24, 2.45) is 0 Å². The lowest BCUT2D eigenvalue weighted by molar-refractivity contribution is 0.884. The molecule has 3 rings (SSSR count). The molecular formula is C23H26Si. The molecule has 2 aromatic rings. The number of hydrogen-bond donors (Lipinski definition) is 0. The number of benzene rings is 2. The molecule has 0 heterocycles. The summed E-state index contributed by atoms with van der Waals surface area (Å²) in [4.78, 5) is 0. The fourth-order valence-corrected chi connectivity index (χ4v) is 6.37. The predicted molar refractivity (Wildman–Crippen MR) is 109 cm³/mol. The van der Waals surface area contributed by atoms with Crippen LogP contribution in [0.3, 0.4) is 0 Å². The highest BCUT2D eigenvalue weighted by Crippen LogP contribution is 2.25. The van der Waals surface area contributed by atoms with Gasteiger partial charge in [-0.05, 0) is 39.5 Å². The van der Waals surface area contributed by atoms with Crippen LogP contribution in [0.15, 0.2) is 84.0 Å². The van der Waals surface area contributed by atoms with Crippen LogP contribution in [0.1, 0.15) is 39.5 Å². The third kappa shape index (κ3) is 3.57. The Morgan fingerprint density at radius 2 is 1.21 bits per heavy atom. The first-order chi connectivity index (χ1) is 11.8. The van der Waals surface area contributed by atoms with Crippen LogP contribution in [-0.4, -0.2) is 13.6 Å². The summed E-state index contributed by atoms with van der Waals surface area (Å²) in [6.07, 6.45) is 9.65. The lowest BCUT2D eigenvalue weighted by Gasteiger charge is -2.15. The molecule has 0 saturated carbocycles. The smallest absolute Gasteiger partial charge is 0.0651 e. The molecule has 0 aliphatic heterocycles. The molecule has 1 heteroatoms. The van der Waals surface area contributed by atoms with Crippen LogP contribution in [0.5, 0.6) is 0 Å². The van der Waals surface area contributed by atoms with Crippen molar-refractivity contribution in [3.63, 3.8) is 0 Å². The van der Waals surface area contributed by atoms with E-state index in [-0.39, 0.29) is 0 Å². The van der Waals surface area contributed by atoms with E-state index in [9.17, 15) is 0 Å². The highest BCUT2D eigenvalue weighted by Gasteiger charge is 2.19. The van der Waals surface area contributed by atoms with Crippen molar-refractivity contribution in [3.8, 4) is 0 Å². The number of hydrogen-bond acceptors (Lipinski definition) is 0. The second kappa shape index (κ2) is 8.21. The van der Waals surface area contributed by atoms with E-state index < -0.39 is 8.41 Å². The van der Waals surface area contributed by atoms with Gasteiger partial charge in [-0.25, -0.2) is 0 Å². The van der Waals surface area contributed by atoms with Gasteiger partial charge in [0.05, 0.1) is 8.41 Å². The Bertz CT molecular complexity index is 723. The molecule has 0 bridgehead atoms. The average molecular weight is 331 g/mol. The highest BCUT2D eigenvalue weighted by molar-refractivity contribution is 6.94. The Morgan fingerprint density at radius 1 is 0.667 bits per heavy atom. The minimum Gasteiger partial charge on any atom is -0.0651 e. The van der Waals surface area contributed by atoms with Crippen LogP contribution in [0.2, 0.25) is 0 Å². The van der Waals surface area contributed by atoms with Gasteiger partial charge in [-0.1, -0.05) is 99.5 Å². The van der Waals surface area contributed by atoms with E-state index >= 15 is 0 Å². The van der Waals surface area contributed by atoms with E-state index in [1.54, 1.807) is 16.3 Å². The van der Waals surface area contributed by atoms with Gasteiger partial charge in [0.15, 0.2) is 0 Å². The largest absolute Gasteiger partial charge is 0.0880 e. The monoisotopic (exact) mass is 330 g/mol. The molecule has 2 aromatic carbocycles. The van der Waals surface area contributed by atoms with E-state index in [1.165, 1.54) is 36.1 Å². The summed E-state index contributed by atoms with van der Waals surface area (Å²) in [5.74, 6) is 0. The first kappa shape index (κ1) is 16.9. The van der Waals surface area contributed by atoms with Crippen molar-refractivity contribution in [3.05, 3.63) is 84.0 Å². The van der Waals surface area contributed by atoms with Crippen molar-refractivity contribution >= 4 is 24.0 Å². The minimum absolute atomic E-state index is 0.926. The van der Waals surface area contributed by atoms with Gasteiger partial charge in [-0.2, -0.15) is 0 Å². The SMILES string of the molecule is CCCC1=C(CCC)C(=[Si](c2ccccc2)c2ccccc2)C=C1. The average Bonchev–Trinajstić information content (AvgIpc) is 3.01. The Kier molecular flexibility index (Phi) is 5.76. The summed E-state index contributed by atoms with van der Waals surface area (Å²) in [6.45, 7) is 4.58. The van der Waals surface area contributed by atoms with E-state index in [4.69, 9.17) is 0 Å².